The number of halogens is 1. The van der Waals surface area contributed by atoms with Gasteiger partial charge in [0.05, 0.1) is 5.56 Å². The van der Waals surface area contributed by atoms with Crippen LogP contribution in [0.25, 0.3) is 0 Å². The molecule has 0 aromatic heterocycles. The molecule has 0 fully saturated rings. The number of benzene rings is 1. The average Bonchev–Trinajstić information content (AvgIpc) is 2.56. The van der Waals surface area contributed by atoms with Gasteiger partial charge in [-0.3, -0.25) is 4.79 Å². The molecule has 2 N–H and O–H groups in total. The van der Waals surface area contributed by atoms with Gasteiger partial charge in [0.1, 0.15) is 5.75 Å². The summed E-state index contributed by atoms with van der Waals surface area (Å²) in [4.78, 5) is 13.5. The van der Waals surface area contributed by atoms with Crippen LogP contribution in [-0.4, -0.2) is 30.0 Å². The number of amides is 1. The number of phenols is 1. The summed E-state index contributed by atoms with van der Waals surface area (Å²) in [6.07, 6.45) is 0. The Bertz CT molecular complexity index is 458. The van der Waals surface area contributed by atoms with Crippen LogP contribution in [0.3, 0.4) is 0 Å². The SMILES string of the molecule is CN(C)Cc1cc(I)c2c(c1O)CNC2=O. The molecule has 86 valence electrons. The molecule has 0 radical (unpaired) electrons. The molecule has 5 heteroatoms. The number of carbonyl (C=O) groups is 1. The lowest BCUT2D eigenvalue weighted by Crippen LogP contribution is -2.13. The zero-order valence-corrected chi connectivity index (χ0v) is 11.3. The van der Waals surface area contributed by atoms with Crippen molar-refractivity contribution < 1.29 is 9.90 Å². The Hall–Kier alpha value is -0.820. The number of nitrogens with one attached hydrogen (secondary N) is 1. The second kappa shape index (κ2) is 4.21. The Labute approximate surface area is 108 Å². The summed E-state index contributed by atoms with van der Waals surface area (Å²) < 4.78 is 0.900. The van der Waals surface area contributed by atoms with Crippen molar-refractivity contribution in [3.05, 3.63) is 26.3 Å². The predicted molar refractivity (Wildman–Crippen MR) is 69.4 cm³/mol. The van der Waals surface area contributed by atoms with Crippen LogP contribution in [0.15, 0.2) is 6.07 Å². The number of fused-ring (bicyclic) bond motifs is 1. The van der Waals surface area contributed by atoms with E-state index < -0.39 is 0 Å². The minimum atomic E-state index is -0.0916. The number of aromatic hydroxyl groups is 1. The van der Waals surface area contributed by atoms with E-state index in [9.17, 15) is 9.90 Å². The highest BCUT2D eigenvalue weighted by Gasteiger charge is 2.26. The molecule has 0 saturated carbocycles. The highest BCUT2D eigenvalue weighted by Crippen LogP contribution is 2.33. The summed E-state index contributed by atoms with van der Waals surface area (Å²) in [6, 6.07) is 1.87. The number of phenolic OH excluding ortho intramolecular Hbond substituents is 1. The molecule has 1 aromatic carbocycles. The van der Waals surface area contributed by atoms with Gasteiger partial charge in [0, 0.05) is 27.8 Å². The fourth-order valence-electron chi connectivity index (χ4n) is 1.89. The average molecular weight is 332 g/mol. The highest BCUT2D eigenvalue weighted by molar-refractivity contribution is 14.1. The molecular formula is C11H13IN2O2. The van der Waals surface area contributed by atoms with Crippen molar-refractivity contribution in [2.24, 2.45) is 0 Å². The van der Waals surface area contributed by atoms with Crippen molar-refractivity contribution in [2.45, 2.75) is 13.1 Å². The molecular weight excluding hydrogens is 319 g/mol. The first-order valence-corrected chi connectivity index (χ1v) is 6.04. The maximum atomic E-state index is 11.5. The van der Waals surface area contributed by atoms with Gasteiger partial charge >= 0.3 is 0 Å². The van der Waals surface area contributed by atoms with E-state index in [1.54, 1.807) is 0 Å². The first-order valence-electron chi connectivity index (χ1n) is 4.97. The lowest BCUT2D eigenvalue weighted by molar-refractivity contribution is 0.0965. The first kappa shape index (κ1) is 11.7. The molecule has 1 aliphatic rings. The van der Waals surface area contributed by atoms with E-state index in [0.717, 1.165) is 14.7 Å². The Kier molecular flexibility index (Phi) is 3.07. The van der Waals surface area contributed by atoms with E-state index in [1.807, 2.05) is 25.1 Å². The first-order chi connectivity index (χ1) is 7.50. The van der Waals surface area contributed by atoms with Gasteiger partial charge in [-0.2, -0.15) is 0 Å². The smallest absolute Gasteiger partial charge is 0.253 e. The van der Waals surface area contributed by atoms with Crippen LogP contribution in [0.5, 0.6) is 5.75 Å². The lowest BCUT2D eigenvalue weighted by Gasteiger charge is -2.14. The van der Waals surface area contributed by atoms with Gasteiger partial charge in [0.25, 0.3) is 5.91 Å². The number of rotatable bonds is 2. The highest BCUT2D eigenvalue weighted by atomic mass is 127. The maximum absolute atomic E-state index is 11.5. The minimum Gasteiger partial charge on any atom is -0.507 e. The third kappa shape index (κ3) is 1.89. The number of hydrogen-bond donors (Lipinski definition) is 2. The predicted octanol–water partition coefficient (Wildman–Crippen LogP) is 1.30. The quantitative estimate of drug-likeness (QED) is 0.803. The second-order valence-electron chi connectivity index (χ2n) is 4.14. The topological polar surface area (TPSA) is 52.6 Å². The summed E-state index contributed by atoms with van der Waals surface area (Å²) in [5.74, 6) is 0.161. The Morgan fingerprint density at radius 2 is 2.25 bits per heavy atom. The number of nitrogens with zero attached hydrogens (tertiary/aromatic N) is 1. The molecule has 0 saturated heterocycles. The maximum Gasteiger partial charge on any atom is 0.253 e. The monoisotopic (exact) mass is 332 g/mol. The van der Waals surface area contributed by atoms with Gasteiger partial charge in [0.15, 0.2) is 0 Å². The van der Waals surface area contributed by atoms with E-state index >= 15 is 0 Å². The van der Waals surface area contributed by atoms with E-state index in [1.165, 1.54) is 0 Å². The fraction of sp³-hybridized carbons (Fsp3) is 0.364. The van der Waals surface area contributed by atoms with Crippen LogP contribution in [0.4, 0.5) is 0 Å². The normalized spacial score (nSPS) is 14.1. The molecule has 1 heterocycles. The summed E-state index contributed by atoms with van der Waals surface area (Å²) in [6.45, 7) is 1.10. The largest absolute Gasteiger partial charge is 0.507 e. The molecule has 1 amide bonds. The van der Waals surface area contributed by atoms with Gasteiger partial charge in [-0.15, -0.1) is 0 Å². The van der Waals surface area contributed by atoms with Crippen molar-refractivity contribution in [1.82, 2.24) is 10.2 Å². The van der Waals surface area contributed by atoms with Gasteiger partial charge in [-0.1, -0.05) is 0 Å². The van der Waals surface area contributed by atoms with Gasteiger partial charge in [-0.25, -0.2) is 0 Å². The standard InChI is InChI=1S/C11H13IN2O2/c1-14(2)5-6-3-8(12)9-7(10(6)15)4-13-11(9)16/h3,15H,4-5H2,1-2H3,(H,13,16). The molecule has 1 aliphatic heterocycles. The molecule has 4 nitrogen and oxygen atoms in total. The summed E-state index contributed by atoms with van der Waals surface area (Å²) >= 11 is 2.14. The molecule has 0 unspecified atom stereocenters. The molecule has 0 aliphatic carbocycles. The molecule has 0 atom stereocenters. The summed E-state index contributed by atoms with van der Waals surface area (Å²) in [7, 11) is 3.89. The van der Waals surface area contributed by atoms with E-state index in [-0.39, 0.29) is 11.7 Å². The minimum absolute atomic E-state index is 0.0916. The van der Waals surface area contributed by atoms with Gasteiger partial charge in [-0.05, 0) is 42.8 Å². The fourth-order valence-corrected chi connectivity index (χ4v) is 2.83. The van der Waals surface area contributed by atoms with Crippen LogP contribution in [0.1, 0.15) is 21.5 Å². The van der Waals surface area contributed by atoms with Crippen LogP contribution in [0.2, 0.25) is 0 Å². The van der Waals surface area contributed by atoms with E-state index in [0.29, 0.717) is 18.7 Å². The van der Waals surface area contributed by atoms with Gasteiger partial charge < -0.3 is 15.3 Å². The van der Waals surface area contributed by atoms with E-state index in [4.69, 9.17) is 0 Å². The molecule has 2 rings (SSSR count). The zero-order chi connectivity index (χ0) is 11.9. The van der Waals surface area contributed by atoms with Crippen molar-refractivity contribution in [3.63, 3.8) is 0 Å². The Balaban J connectivity index is 2.53. The Morgan fingerprint density at radius 1 is 1.56 bits per heavy atom. The molecule has 0 bridgehead atoms. The Morgan fingerprint density at radius 3 is 2.88 bits per heavy atom. The summed E-state index contributed by atoms with van der Waals surface area (Å²) in [5, 5.41) is 12.8. The van der Waals surface area contributed by atoms with Crippen LogP contribution < -0.4 is 5.32 Å². The van der Waals surface area contributed by atoms with Crippen molar-refractivity contribution in [3.8, 4) is 5.75 Å². The van der Waals surface area contributed by atoms with Gasteiger partial charge in [0.2, 0.25) is 0 Å². The zero-order valence-electron chi connectivity index (χ0n) is 9.17. The molecule has 16 heavy (non-hydrogen) atoms. The van der Waals surface area contributed by atoms with Crippen LogP contribution >= 0.6 is 22.6 Å². The molecule has 1 aromatic rings. The number of carbonyl (C=O) groups excluding carboxylic acids is 1. The van der Waals surface area contributed by atoms with Crippen LogP contribution in [0, 0.1) is 3.57 Å². The lowest BCUT2D eigenvalue weighted by atomic mass is 10.0. The third-order valence-electron chi connectivity index (χ3n) is 2.57. The summed E-state index contributed by atoms with van der Waals surface area (Å²) in [5.41, 5.74) is 2.22. The molecule has 0 spiro atoms. The number of hydrogen-bond acceptors (Lipinski definition) is 3. The second-order valence-corrected chi connectivity index (χ2v) is 5.30. The van der Waals surface area contributed by atoms with Crippen molar-refractivity contribution in [1.29, 1.82) is 0 Å². The van der Waals surface area contributed by atoms with Crippen molar-refractivity contribution in [2.75, 3.05) is 14.1 Å². The third-order valence-corrected chi connectivity index (χ3v) is 3.42. The van der Waals surface area contributed by atoms with E-state index in [2.05, 4.69) is 27.9 Å². The van der Waals surface area contributed by atoms with Crippen molar-refractivity contribution >= 4 is 28.5 Å². The van der Waals surface area contributed by atoms with Crippen LogP contribution in [-0.2, 0) is 13.1 Å².